The Bertz CT molecular complexity index is 789. The molecule has 0 unspecified atom stereocenters. The van der Waals surface area contributed by atoms with Gasteiger partial charge in [0.2, 0.25) is 0 Å². The summed E-state index contributed by atoms with van der Waals surface area (Å²) in [5.74, 6) is 0.866. The van der Waals surface area contributed by atoms with E-state index in [0.29, 0.717) is 4.90 Å². The van der Waals surface area contributed by atoms with Crippen molar-refractivity contribution in [3.63, 3.8) is 0 Å². The fourth-order valence-corrected chi connectivity index (χ4v) is 5.09. The van der Waals surface area contributed by atoms with Crippen LogP contribution in [0.3, 0.4) is 0 Å². The van der Waals surface area contributed by atoms with Crippen LogP contribution in [0.2, 0.25) is 0 Å². The van der Waals surface area contributed by atoms with Crippen molar-refractivity contribution in [3.8, 4) is 0 Å². The van der Waals surface area contributed by atoms with Crippen LogP contribution in [0.1, 0.15) is 27.7 Å². The third kappa shape index (κ3) is 6.76. The van der Waals surface area contributed by atoms with Crippen LogP contribution in [0, 0.1) is 0 Å². The Morgan fingerprint density at radius 3 is 1.88 bits per heavy atom. The van der Waals surface area contributed by atoms with E-state index in [1.165, 1.54) is 4.90 Å². The van der Waals surface area contributed by atoms with Gasteiger partial charge in [-0.3, -0.25) is 10.9 Å². The molecule has 26 heavy (non-hydrogen) atoms. The summed E-state index contributed by atoms with van der Waals surface area (Å²) in [6, 6.07) is 18.8. The van der Waals surface area contributed by atoms with E-state index in [2.05, 4.69) is 36.8 Å². The Morgan fingerprint density at radius 2 is 1.31 bits per heavy atom. The van der Waals surface area contributed by atoms with Crippen LogP contribution in [0.15, 0.2) is 70.5 Å². The third-order valence-corrected chi connectivity index (χ3v) is 7.30. The number of sulfone groups is 1. The van der Waals surface area contributed by atoms with Crippen LogP contribution < -0.4 is 10.9 Å². The fraction of sp³-hybridized carbons (Fsp3) is 0.400. The minimum Gasteiger partial charge on any atom is -0.251 e. The second-order valence-electron chi connectivity index (χ2n) is 7.69. The molecule has 0 saturated carbocycles. The maximum absolute atomic E-state index is 12.6. The summed E-state index contributed by atoms with van der Waals surface area (Å²) in [5.41, 5.74) is 5.72. The van der Waals surface area contributed by atoms with Crippen molar-refractivity contribution in [2.45, 2.75) is 48.6 Å². The van der Waals surface area contributed by atoms with E-state index in [1.54, 1.807) is 36.0 Å². The molecule has 0 radical (unpaired) electrons. The van der Waals surface area contributed by atoms with E-state index in [1.807, 2.05) is 38.1 Å². The van der Waals surface area contributed by atoms with Crippen molar-refractivity contribution >= 4 is 21.6 Å². The lowest BCUT2D eigenvalue weighted by Crippen LogP contribution is -2.59. The fourth-order valence-electron chi connectivity index (χ4n) is 2.38. The highest BCUT2D eigenvalue weighted by atomic mass is 32.2. The zero-order chi connectivity index (χ0) is 19.3. The van der Waals surface area contributed by atoms with Gasteiger partial charge in [0.1, 0.15) is 0 Å². The van der Waals surface area contributed by atoms with Crippen molar-refractivity contribution in [1.29, 1.82) is 0 Å². The van der Waals surface area contributed by atoms with Gasteiger partial charge in [-0.1, -0.05) is 36.4 Å². The monoisotopic (exact) mass is 392 g/mol. The molecule has 2 aromatic carbocycles. The van der Waals surface area contributed by atoms with Crippen molar-refractivity contribution in [3.05, 3.63) is 60.7 Å². The Balaban J connectivity index is 1.91. The summed E-state index contributed by atoms with van der Waals surface area (Å²) in [5, 5.41) is 0. The molecule has 0 aromatic heterocycles. The van der Waals surface area contributed by atoms with Gasteiger partial charge < -0.3 is 0 Å². The van der Waals surface area contributed by atoms with Gasteiger partial charge in [-0.15, -0.1) is 11.8 Å². The average molecular weight is 393 g/mol. The quantitative estimate of drug-likeness (QED) is 0.501. The Labute approximate surface area is 161 Å². The van der Waals surface area contributed by atoms with Crippen LogP contribution >= 0.6 is 11.8 Å². The summed E-state index contributed by atoms with van der Waals surface area (Å²) in [7, 11) is -3.35. The first-order valence-corrected chi connectivity index (χ1v) is 11.2. The molecule has 0 saturated heterocycles. The number of nitrogens with one attached hydrogen (secondary N) is 2. The van der Waals surface area contributed by atoms with Crippen LogP contribution in [0.4, 0.5) is 0 Å². The number of rotatable bonds is 9. The summed E-state index contributed by atoms with van der Waals surface area (Å²) in [4.78, 5) is 1.57. The van der Waals surface area contributed by atoms with E-state index < -0.39 is 15.4 Å². The molecule has 6 heteroatoms. The SMILES string of the molecule is CC(C)(CSc1ccccc1)NNC(C)(C)CS(=O)(=O)c1ccccc1. The highest BCUT2D eigenvalue weighted by molar-refractivity contribution is 7.99. The molecule has 0 heterocycles. The standard InChI is InChI=1S/C20H28N2O2S2/c1-19(2,15-25-17-11-7-5-8-12-17)21-22-20(3,4)16-26(23,24)18-13-9-6-10-14-18/h5-14,21-22H,15-16H2,1-4H3. The topological polar surface area (TPSA) is 58.2 Å². The average Bonchev–Trinajstić information content (AvgIpc) is 2.60. The third-order valence-electron chi connectivity index (χ3n) is 3.74. The van der Waals surface area contributed by atoms with E-state index in [9.17, 15) is 8.42 Å². The Hall–Kier alpha value is -1.34. The minimum absolute atomic E-state index is 0.0128. The second kappa shape index (κ2) is 8.57. The molecule has 2 rings (SSSR count). The van der Waals surface area contributed by atoms with E-state index in [4.69, 9.17) is 0 Å². The van der Waals surface area contributed by atoms with Crippen LogP contribution in [-0.2, 0) is 9.84 Å². The van der Waals surface area contributed by atoms with Gasteiger partial charge >= 0.3 is 0 Å². The number of hydrazine groups is 1. The summed E-state index contributed by atoms with van der Waals surface area (Å²) in [6.45, 7) is 7.97. The lowest BCUT2D eigenvalue weighted by Gasteiger charge is -2.33. The van der Waals surface area contributed by atoms with Crippen LogP contribution in [0.5, 0.6) is 0 Å². The zero-order valence-electron chi connectivity index (χ0n) is 15.8. The molecule has 0 atom stereocenters. The Kier molecular flexibility index (Phi) is 6.91. The summed E-state index contributed by atoms with van der Waals surface area (Å²) >= 11 is 1.77. The van der Waals surface area contributed by atoms with Crippen LogP contribution in [0.25, 0.3) is 0 Å². The molecule has 0 spiro atoms. The maximum Gasteiger partial charge on any atom is 0.180 e. The molecular weight excluding hydrogens is 364 g/mol. The molecule has 0 amide bonds. The number of benzene rings is 2. The van der Waals surface area contributed by atoms with Gasteiger partial charge in [-0.05, 0) is 52.0 Å². The van der Waals surface area contributed by atoms with Gasteiger partial charge in [0.25, 0.3) is 0 Å². The van der Waals surface area contributed by atoms with Gasteiger partial charge in [-0.25, -0.2) is 8.42 Å². The molecule has 2 N–H and O–H groups in total. The van der Waals surface area contributed by atoms with Crippen molar-refractivity contribution in [2.75, 3.05) is 11.5 Å². The summed E-state index contributed by atoms with van der Waals surface area (Å²) in [6.07, 6.45) is 0. The lowest BCUT2D eigenvalue weighted by molar-refractivity contribution is 0.279. The van der Waals surface area contributed by atoms with E-state index in [-0.39, 0.29) is 11.3 Å². The molecule has 0 fully saturated rings. The predicted octanol–water partition coefficient (Wildman–Crippen LogP) is 3.90. The largest absolute Gasteiger partial charge is 0.251 e. The number of hydrogen-bond acceptors (Lipinski definition) is 5. The molecule has 0 aliphatic carbocycles. The van der Waals surface area contributed by atoms with Gasteiger partial charge in [0.15, 0.2) is 9.84 Å². The predicted molar refractivity (Wildman–Crippen MR) is 110 cm³/mol. The van der Waals surface area contributed by atoms with Crippen LogP contribution in [-0.4, -0.2) is 31.0 Å². The van der Waals surface area contributed by atoms with Gasteiger partial charge in [0, 0.05) is 21.7 Å². The van der Waals surface area contributed by atoms with Gasteiger partial charge in [-0.2, -0.15) is 0 Å². The van der Waals surface area contributed by atoms with Crippen molar-refractivity contribution in [2.24, 2.45) is 0 Å². The lowest BCUT2D eigenvalue weighted by atomic mass is 10.1. The normalized spacial score (nSPS) is 12.9. The van der Waals surface area contributed by atoms with E-state index in [0.717, 1.165) is 5.75 Å². The first kappa shape index (κ1) is 21.0. The smallest absolute Gasteiger partial charge is 0.180 e. The van der Waals surface area contributed by atoms with E-state index >= 15 is 0 Å². The maximum atomic E-state index is 12.6. The molecular formula is C20H28N2O2S2. The first-order chi connectivity index (χ1) is 12.1. The molecule has 4 nitrogen and oxygen atoms in total. The molecule has 142 valence electrons. The Morgan fingerprint density at radius 1 is 0.808 bits per heavy atom. The number of hydrogen-bond donors (Lipinski definition) is 2. The highest BCUT2D eigenvalue weighted by Crippen LogP contribution is 2.22. The van der Waals surface area contributed by atoms with Gasteiger partial charge in [0.05, 0.1) is 10.6 Å². The minimum atomic E-state index is -3.35. The highest BCUT2D eigenvalue weighted by Gasteiger charge is 2.29. The van der Waals surface area contributed by atoms with Crippen molar-refractivity contribution < 1.29 is 8.42 Å². The second-order valence-corrected chi connectivity index (χ2v) is 10.7. The van der Waals surface area contributed by atoms with Crippen molar-refractivity contribution in [1.82, 2.24) is 10.9 Å². The first-order valence-electron chi connectivity index (χ1n) is 8.60. The number of thioether (sulfide) groups is 1. The molecule has 0 aliphatic rings. The molecule has 0 aliphatic heterocycles. The molecule has 0 bridgehead atoms. The molecule has 2 aromatic rings. The summed E-state index contributed by atoms with van der Waals surface area (Å²) < 4.78 is 25.2. The zero-order valence-corrected chi connectivity index (χ0v) is 17.5.